The highest BCUT2D eigenvalue weighted by Gasteiger charge is 2.58. The van der Waals surface area contributed by atoms with Gasteiger partial charge in [-0.25, -0.2) is 0 Å². The van der Waals surface area contributed by atoms with Crippen molar-refractivity contribution in [2.75, 3.05) is 6.54 Å². The van der Waals surface area contributed by atoms with Crippen molar-refractivity contribution in [2.24, 2.45) is 11.8 Å². The molecule has 1 aliphatic heterocycles. The predicted molar refractivity (Wildman–Crippen MR) is 118 cm³/mol. The number of nitrogens with zero attached hydrogens (tertiary/aromatic N) is 1. The Hall–Kier alpha value is -3.24. The van der Waals surface area contributed by atoms with E-state index in [0.717, 1.165) is 5.56 Å². The average molecular weight is 459 g/mol. The number of hydrogen-bond acceptors (Lipinski definition) is 7. The van der Waals surface area contributed by atoms with E-state index in [4.69, 9.17) is 14.3 Å². The van der Waals surface area contributed by atoms with Crippen molar-refractivity contribution in [3.8, 4) is 0 Å². The van der Waals surface area contributed by atoms with Crippen molar-refractivity contribution in [1.29, 1.82) is 0 Å². The third kappa shape index (κ3) is 5.96. The zero-order valence-electron chi connectivity index (χ0n) is 18.5. The summed E-state index contributed by atoms with van der Waals surface area (Å²) >= 11 is 0. The molecule has 0 aliphatic carbocycles. The lowest BCUT2D eigenvalue weighted by molar-refractivity contribution is -0.535. The highest BCUT2D eigenvalue weighted by atomic mass is 16.6. The standard InChI is InChI=1S/C23H29N3O7/c1-14(2)22(33-13-15-7-4-3-5-8-15)18-20(23(29)24-11-10-17(27)28)25-19(21(18)26(30)31)16-9-6-12-32-16/h3-9,12,14,18-22,25H,10-11,13H2,1-2H3,(H,24,29)(H,27,28)/t18-,19-,20+,21+,22?/m1/s1. The number of nitro groups is 1. The Morgan fingerprint density at radius 2 is 1.97 bits per heavy atom. The van der Waals surface area contributed by atoms with Gasteiger partial charge in [0.15, 0.2) is 0 Å². The Morgan fingerprint density at radius 1 is 1.24 bits per heavy atom. The molecule has 0 radical (unpaired) electrons. The van der Waals surface area contributed by atoms with Crippen LogP contribution in [0.15, 0.2) is 53.1 Å². The van der Waals surface area contributed by atoms with Crippen LogP contribution < -0.4 is 10.6 Å². The molecule has 2 heterocycles. The summed E-state index contributed by atoms with van der Waals surface area (Å²) < 4.78 is 11.6. The van der Waals surface area contributed by atoms with Gasteiger partial charge in [-0.1, -0.05) is 44.2 Å². The normalized spacial score (nSPS) is 23.4. The van der Waals surface area contributed by atoms with Crippen LogP contribution in [-0.2, 0) is 20.9 Å². The molecule has 3 rings (SSSR count). The second-order valence-corrected chi connectivity index (χ2v) is 8.43. The molecule has 1 saturated heterocycles. The fourth-order valence-corrected chi connectivity index (χ4v) is 4.36. The number of carboxylic acid groups (broad SMARTS) is 1. The van der Waals surface area contributed by atoms with Gasteiger partial charge in [0.25, 0.3) is 0 Å². The summed E-state index contributed by atoms with van der Waals surface area (Å²) in [7, 11) is 0. The van der Waals surface area contributed by atoms with Crippen LogP contribution in [0, 0.1) is 22.0 Å². The molecule has 10 nitrogen and oxygen atoms in total. The third-order valence-electron chi connectivity index (χ3n) is 5.82. The van der Waals surface area contributed by atoms with Gasteiger partial charge < -0.3 is 19.6 Å². The molecular weight excluding hydrogens is 430 g/mol. The van der Waals surface area contributed by atoms with Crippen LogP contribution in [0.4, 0.5) is 0 Å². The summed E-state index contributed by atoms with van der Waals surface area (Å²) in [4.78, 5) is 35.7. The summed E-state index contributed by atoms with van der Waals surface area (Å²) in [5, 5.41) is 26.8. The fraction of sp³-hybridized carbons (Fsp3) is 0.478. The molecule has 2 aromatic rings. The number of amides is 1. The van der Waals surface area contributed by atoms with E-state index in [9.17, 15) is 19.7 Å². The summed E-state index contributed by atoms with van der Waals surface area (Å²) in [5.41, 5.74) is 0.914. The van der Waals surface area contributed by atoms with Gasteiger partial charge in [0, 0.05) is 11.5 Å². The first-order valence-corrected chi connectivity index (χ1v) is 10.9. The van der Waals surface area contributed by atoms with Crippen LogP contribution in [-0.4, -0.2) is 46.6 Å². The van der Waals surface area contributed by atoms with Crippen LogP contribution >= 0.6 is 0 Å². The van der Waals surface area contributed by atoms with Crippen molar-refractivity contribution in [2.45, 2.75) is 51.1 Å². The van der Waals surface area contributed by atoms with Gasteiger partial charge in [-0.3, -0.25) is 25.0 Å². The van der Waals surface area contributed by atoms with E-state index in [1.165, 1.54) is 6.26 Å². The first kappa shape index (κ1) is 24.4. The lowest BCUT2D eigenvalue weighted by Crippen LogP contribution is -2.51. The minimum absolute atomic E-state index is 0.0785. The first-order chi connectivity index (χ1) is 15.8. The smallest absolute Gasteiger partial charge is 0.305 e. The summed E-state index contributed by atoms with van der Waals surface area (Å²) in [5.74, 6) is -2.14. The molecule has 10 heteroatoms. The second-order valence-electron chi connectivity index (χ2n) is 8.43. The van der Waals surface area contributed by atoms with E-state index >= 15 is 0 Å². The Labute approximate surface area is 191 Å². The maximum Gasteiger partial charge on any atom is 0.305 e. The molecule has 178 valence electrons. The number of carbonyl (C=O) groups excluding carboxylic acids is 1. The van der Waals surface area contributed by atoms with Gasteiger partial charge in [0.2, 0.25) is 11.9 Å². The number of hydrogen-bond donors (Lipinski definition) is 3. The summed E-state index contributed by atoms with van der Waals surface area (Å²) in [6.07, 6.45) is 0.555. The molecule has 1 fully saturated rings. The molecule has 0 bridgehead atoms. The Balaban J connectivity index is 1.91. The Bertz CT molecular complexity index is 933. The van der Waals surface area contributed by atoms with Crippen molar-refractivity contribution in [1.82, 2.24) is 10.6 Å². The number of aliphatic carboxylic acids is 1. The van der Waals surface area contributed by atoms with E-state index in [-0.39, 0.29) is 25.5 Å². The van der Waals surface area contributed by atoms with E-state index in [1.54, 1.807) is 12.1 Å². The first-order valence-electron chi connectivity index (χ1n) is 10.9. The van der Waals surface area contributed by atoms with Gasteiger partial charge >= 0.3 is 5.97 Å². The largest absolute Gasteiger partial charge is 0.481 e. The molecule has 5 atom stereocenters. The van der Waals surface area contributed by atoms with Crippen LogP contribution in [0.3, 0.4) is 0 Å². The number of carboxylic acids is 1. The molecule has 0 spiro atoms. The molecule has 1 unspecified atom stereocenters. The van der Waals surface area contributed by atoms with Gasteiger partial charge in [-0.2, -0.15) is 0 Å². The number of nitrogens with one attached hydrogen (secondary N) is 2. The quantitative estimate of drug-likeness (QED) is 0.343. The van der Waals surface area contributed by atoms with Gasteiger partial charge in [0.05, 0.1) is 37.4 Å². The molecule has 1 amide bonds. The number of benzene rings is 1. The van der Waals surface area contributed by atoms with E-state index < -0.39 is 46.9 Å². The lowest BCUT2D eigenvalue weighted by atomic mass is 9.82. The maximum atomic E-state index is 13.0. The van der Waals surface area contributed by atoms with Gasteiger partial charge in [0.1, 0.15) is 11.8 Å². The third-order valence-corrected chi connectivity index (χ3v) is 5.82. The molecule has 3 N–H and O–H groups in total. The van der Waals surface area contributed by atoms with E-state index in [0.29, 0.717) is 5.76 Å². The SMILES string of the molecule is CC(C)C(OCc1ccccc1)[C@H]1[C@H]([N+](=O)[O-])[C@@H](c2ccco2)N[C@@H]1C(=O)NCCC(=O)O. The minimum Gasteiger partial charge on any atom is -0.481 e. The van der Waals surface area contributed by atoms with Gasteiger partial charge in [-0.15, -0.1) is 0 Å². The fourth-order valence-electron chi connectivity index (χ4n) is 4.36. The number of ether oxygens (including phenoxy) is 1. The zero-order valence-corrected chi connectivity index (χ0v) is 18.5. The monoisotopic (exact) mass is 459 g/mol. The van der Waals surface area contributed by atoms with Crippen LogP contribution in [0.25, 0.3) is 0 Å². The summed E-state index contributed by atoms with van der Waals surface area (Å²) in [6, 6.07) is 9.73. The lowest BCUT2D eigenvalue weighted by Gasteiger charge is -2.31. The minimum atomic E-state index is -1.19. The predicted octanol–water partition coefficient (Wildman–Crippen LogP) is 2.39. The van der Waals surface area contributed by atoms with E-state index in [1.807, 2.05) is 44.2 Å². The van der Waals surface area contributed by atoms with Gasteiger partial charge in [-0.05, 0) is 23.6 Å². The Kier molecular flexibility index (Phi) is 8.18. The van der Waals surface area contributed by atoms with Crippen molar-refractivity contribution < 1.29 is 28.8 Å². The molecule has 1 aromatic heterocycles. The molecule has 1 aromatic carbocycles. The zero-order chi connectivity index (χ0) is 24.0. The topological polar surface area (TPSA) is 144 Å². The van der Waals surface area contributed by atoms with Crippen LogP contribution in [0.1, 0.15) is 37.6 Å². The average Bonchev–Trinajstić information content (AvgIpc) is 3.42. The summed E-state index contributed by atoms with van der Waals surface area (Å²) in [6.45, 7) is 3.95. The number of furan rings is 1. The van der Waals surface area contributed by atoms with Crippen molar-refractivity contribution in [3.05, 3.63) is 70.2 Å². The molecule has 1 aliphatic rings. The Morgan fingerprint density at radius 3 is 2.55 bits per heavy atom. The van der Waals surface area contributed by atoms with Crippen molar-refractivity contribution in [3.63, 3.8) is 0 Å². The molecule has 0 saturated carbocycles. The van der Waals surface area contributed by atoms with E-state index in [2.05, 4.69) is 10.6 Å². The maximum absolute atomic E-state index is 13.0. The highest BCUT2D eigenvalue weighted by molar-refractivity contribution is 5.83. The van der Waals surface area contributed by atoms with Crippen molar-refractivity contribution >= 4 is 11.9 Å². The van der Waals surface area contributed by atoms with Crippen LogP contribution in [0.2, 0.25) is 0 Å². The number of rotatable bonds is 11. The highest BCUT2D eigenvalue weighted by Crippen LogP contribution is 2.39. The molecule has 33 heavy (non-hydrogen) atoms. The molecular formula is C23H29N3O7. The number of carbonyl (C=O) groups is 2. The second kappa shape index (κ2) is 11.1. The van der Waals surface area contributed by atoms with Crippen LogP contribution in [0.5, 0.6) is 0 Å².